The van der Waals surface area contributed by atoms with E-state index in [0.29, 0.717) is 5.92 Å². The molecule has 2 N–H and O–H groups in total. The summed E-state index contributed by atoms with van der Waals surface area (Å²) in [4.78, 5) is 11.0. The number of hydrogen-bond donors (Lipinski definition) is 1. The van der Waals surface area contributed by atoms with E-state index in [2.05, 4.69) is 23.8 Å². The van der Waals surface area contributed by atoms with Gasteiger partial charge in [0.1, 0.15) is 0 Å². The van der Waals surface area contributed by atoms with Gasteiger partial charge in [-0.15, -0.1) is 0 Å². The van der Waals surface area contributed by atoms with E-state index in [4.69, 9.17) is 10.7 Å². The summed E-state index contributed by atoms with van der Waals surface area (Å²) in [5.74, 6) is 0.698. The number of likely N-dealkylation sites (N-methyl/N-ethyl adjacent to an activating group) is 1. The highest BCUT2D eigenvalue weighted by Crippen LogP contribution is 2.45. The van der Waals surface area contributed by atoms with Gasteiger partial charge in [-0.3, -0.25) is 0 Å². The second kappa shape index (κ2) is 4.79. The fourth-order valence-corrected chi connectivity index (χ4v) is 3.60. The summed E-state index contributed by atoms with van der Waals surface area (Å²) in [7, 11) is 2.18. The molecule has 1 atom stereocenters. The molecule has 4 nitrogen and oxygen atoms in total. The minimum Gasteiger partial charge on any atom is -0.346 e. The minimum atomic E-state index is 0.124. The van der Waals surface area contributed by atoms with Crippen molar-refractivity contribution in [1.29, 1.82) is 0 Å². The summed E-state index contributed by atoms with van der Waals surface area (Å²) in [5, 5.41) is 1.19. The molecule has 1 saturated heterocycles. The van der Waals surface area contributed by atoms with Crippen molar-refractivity contribution in [3.63, 3.8) is 0 Å². The standard InChI is InChI=1S/C13H22N4S/c1-9(14)12-11(10-3-4-10)15-13(18-12)17-7-5-16(2)6-8-17/h9-10H,3-8,14H2,1-2H3. The summed E-state index contributed by atoms with van der Waals surface area (Å²) >= 11 is 1.81. The molecule has 1 saturated carbocycles. The van der Waals surface area contributed by atoms with Crippen LogP contribution in [0, 0.1) is 0 Å². The van der Waals surface area contributed by atoms with E-state index in [-0.39, 0.29) is 6.04 Å². The van der Waals surface area contributed by atoms with E-state index >= 15 is 0 Å². The van der Waals surface area contributed by atoms with Crippen molar-refractivity contribution in [2.24, 2.45) is 5.73 Å². The van der Waals surface area contributed by atoms with Crippen LogP contribution in [0.1, 0.15) is 42.3 Å². The van der Waals surface area contributed by atoms with Crippen molar-refractivity contribution in [2.45, 2.75) is 31.7 Å². The van der Waals surface area contributed by atoms with Crippen molar-refractivity contribution < 1.29 is 0 Å². The van der Waals surface area contributed by atoms with Gasteiger partial charge >= 0.3 is 0 Å². The molecule has 2 heterocycles. The number of hydrogen-bond acceptors (Lipinski definition) is 5. The first-order valence-corrected chi connectivity index (χ1v) is 7.66. The summed E-state index contributed by atoms with van der Waals surface area (Å²) < 4.78 is 0. The summed E-state index contributed by atoms with van der Waals surface area (Å²) in [5.41, 5.74) is 7.38. The molecule has 1 aliphatic carbocycles. The maximum absolute atomic E-state index is 6.09. The van der Waals surface area contributed by atoms with E-state index in [9.17, 15) is 0 Å². The largest absolute Gasteiger partial charge is 0.346 e. The number of nitrogens with zero attached hydrogens (tertiary/aromatic N) is 3. The van der Waals surface area contributed by atoms with Gasteiger partial charge in [0.2, 0.25) is 0 Å². The third-order valence-corrected chi connectivity index (χ3v) is 5.15. The van der Waals surface area contributed by atoms with Crippen molar-refractivity contribution in [2.75, 3.05) is 38.1 Å². The molecular weight excluding hydrogens is 244 g/mol. The smallest absolute Gasteiger partial charge is 0.185 e. The molecule has 18 heavy (non-hydrogen) atoms. The Hall–Kier alpha value is -0.650. The summed E-state index contributed by atoms with van der Waals surface area (Å²) in [6, 6.07) is 0.124. The van der Waals surface area contributed by atoms with Crippen LogP contribution in [0.25, 0.3) is 0 Å². The zero-order valence-corrected chi connectivity index (χ0v) is 12.0. The van der Waals surface area contributed by atoms with E-state index in [1.165, 1.54) is 28.5 Å². The highest BCUT2D eigenvalue weighted by Gasteiger charge is 2.31. The third kappa shape index (κ3) is 2.39. The Morgan fingerprint density at radius 2 is 1.94 bits per heavy atom. The molecule has 1 aliphatic heterocycles. The topological polar surface area (TPSA) is 45.4 Å². The van der Waals surface area contributed by atoms with E-state index in [1.54, 1.807) is 0 Å². The Morgan fingerprint density at radius 1 is 1.28 bits per heavy atom. The van der Waals surface area contributed by atoms with Crippen LogP contribution in [0.2, 0.25) is 0 Å². The number of anilines is 1. The number of thiazole rings is 1. The molecule has 0 spiro atoms. The SMILES string of the molecule is CC(N)c1sc(N2CCN(C)CC2)nc1C1CC1. The Kier molecular flexibility index (Phi) is 3.30. The van der Waals surface area contributed by atoms with Crippen LogP contribution in [0.4, 0.5) is 5.13 Å². The van der Waals surface area contributed by atoms with Gasteiger partial charge in [0, 0.05) is 43.0 Å². The van der Waals surface area contributed by atoms with Crippen LogP contribution in [-0.4, -0.2) is 43.1 Å². The Balaban J connectivity index is 1.81. The fourth-order valence-electron chi connectivity index (χ4n) is 2.44. The number of nitrogens with two attached hydrogens (primary N) is 1. The highest BCUT2D eigenvalue weighted by atomic mass is 32.1. The molecule has 2 fully saturated rings. The molecule has 2 aliphatic rings. The molecule has 1 aromatic heterocycles. The Bertz CT molecular complexity index is 397. The summed E-state index contributed by atoms with van der Waals surface area (Å²) in [6.07, 6.45) is 2.59. The lowest BCUT2D eigenvalue weighted by Gasteiger charge is -2.32. The van der Waals surface area contributed by atoms with Crippen LogP contribution >= 0.6 is 11.3 Å². The van der Waals surface area contributed by atoms with Crippen LogP contribution in [0.5, 0.6) is 0 Å². The monoisotopic (exact) mass is 266 g/mol. The molecule has 3 rings (SSSR count). The molecular formula is C13H22N4S. The maximum Gasteiger partial charge on any atom is 0.185 e. The fraction of sp³-hybridized carbons (Fsp3) is 0.769. The lowest BCUT2D eigenvalue weighted by molar-refractivity contribution is 0.312. The molecule has 5 heteroatoms. The van der Waals surface area contributed by atoms with Crippen LogP contribution in [0.15, 0.2) is 0 Å². The van der Waals surface area contributed by atoms with Gasteiger partial charge < -0.3 is 15.5 Å². The molecule has 0 aromatic carbocycles. The molecule has 0 amide bonds. The first kappa shape index (κ1) is 12.4. The van der Waals surface area contributed by atoms with Crippen molar-refractivity contribution in [3.8, 4) is 0 Å². The van der Waals surface area contributed by atoms with Gasteiger partial charge in [-0.05, 0) is 26.8 Å². The maximum atomic E-state index is 6.09. The Labute approximate surface area is 113 Å². The van der Waals surface area contributed by atoms with Crippen LogP contribution < -0.4 is 10.6 Å². The number of aromatic nitrogens is 1. The van der Waals surface area contributed by atoms with E-state index < -0.39 is 0 Å². The van der Waals surface area contributed by atoms with Gasteiger partial charge in [-0.1, -0.05) is 11.3 Å². The molecule has 100 valence electrons. The molecule has 1 unspecified atom stereocenters. The van der Waals surface area contributed by atoms with Gasteiger partial charge in [-0.2, -0.15) is 0 Å². The number of rotatable bonds is 3. The average molecular weight is 266 g/mol. The van der Waals surface area contributed by atoms with E-state index in [0.717, 1.165) is 26.2 Å². The van der Waals surface area contributed by atoms with Crippen molar-refractivity contribution in [1.82, 2.24) is 9.88 Å². The van der Waals surface area contributed by atoms with E-state index in [1.807, 2.05) is 11.3 Å². The zero-order valence-electron chi connectivity index (χ0n) is 11.2. The van der Waals surface area contributed by atoms with Gasteiger partial charge in [0.25, 0.3) is 0 Å². The normalized spacial score (nSPS) is 23.4. The lowest BCUT2D eigenvalue weighted by Crippen LogP contribution is -2.44. The quantitative estimate of drug-likeness (QED) is 0.906. The van der Waals surface area contributed by atoms with Crippen molar-refractivity contribution in [3.05, 3.63) is 10.6 Å². The molecule has 0 radical (unpaired) electrons. The predicted molar refractivity (Wildman–Crippen MR) is 76.4 cm³/mol. The minimum absolute atomic E-state index is 0.124. The zero-order chi connectivity index (χ0) is 12.7. The van der Waals surface area contributed by atoms with Crippen LogP contribution in [0.3, 0.4) is 0 Å². The second-order valence-electron chi connectivity index (χ2n) is 5.60. The van der Waals surface area contributed by atoms with Crippen molar-refractivity contribution >= 4 is 16.5 Å². The average Bonchev–Trinajstić information content (AvgIpc) is 3.09. The lowest BCUT2D eigenvalue weighted by atomic mass is 10.2. The first-order chi connectivity index (χ1) is 8.65. The predicted octanol–water partition coefficient (Wildman–Crippen LogP) is 1.79. The van der Waals surface area contributed by atoms with Gasteiger partial charge in [-0.25, -0.2) is 4.98 Å². The Morgan fingerprint density at radius 3 is 2.50 bits per heavy atom. The molecule has 1 aromatic rings. The third-order valence-electron chi connectivity index (χ3n) is 3.82. The van der Waals surface area contributed by atoms with Crippen LogP contribution in [-0.2, 0) is 0 Å². The number of piperazine rings is 1. The first-order valence-electron chi connectivity index (χ1n) is 6.85. The van der Waals surface area contributed by atoms with Gasteiger partial charge in [0.15, 0.2) is 5.13 Å². The molecule has 0 bridgehead atoms. The van der Waals surface area contributed by atoms with Gasteiger partial charge in [0.05, 0.1) is 5.69 Å². The summed E-state index contributed by atoms with van der Waals surface area (Å²) in [6.45, 7) is 6.52. The second-order valence-corrected chi connectivity index (χ2v) is 6.61. The highest BCUT2D eigenvalue weighted by molar-refractivity contribution is 7.15.